The summed E-state index contributed by atoms with van der Waals surface area (Å²) in [4.78, 5) is 10.8. The Bertz CT molecular complexity index is 231. The van der Waals surface area contributed by atoms with Crippen molar-refractivity contribution in [2.24, 2.45) is 0 Å². The molecule has 0 aromatic carbocycles. The van der Waals surface area contributed by atoms with Gasteiger partial charge in [0.25, 0.3) is 0 Å². The van der Waals surface area contributed by atoms with Gasteiger partial charge in [-0.25, -0.2) is 8.42 Å². The zero-order chi connectivity index (χ0) is 10.4. The molecule has 0 saturated heterocycles. The summed E-state index contributed by atoms with van der Waals surface area (Å²) in [6, 6.07) is 0. The van der Waals surface area contributed by atoms with Crippen molar-refractivity contribution in [1.82, 2.24) is 5.32 Å². The molecule has 8 heteroatoms. The van der Waals surface area contributed by atoms with Crippen LogP contribution in [0, 0.1) is 0 Å². The molecule has 1 amide bonds. The van der Waals surface area contributed by atoms with Crippen LogP contribution in [0.1, 0.15) is 13.3 Å². The maximum atomic E-state index is 10.8. The predicted molar refractivity (Wildman–Crippen MR) is 48.6 cm³/mol. The third-order valence-electron chi connectivity index (χ3n) is 1.18. The van der Waals surface area contributed by atoms with E-state index in [1.165, 1.54) is 0 Å². The van der Waals surface area contributed by atoms with Crippen molar-refractivity contribution in [2.75, 3.05) is 5.75 Å². The molecule has 13 heavy (non-hydrogen) atoms. The molecule has 78 valence electrons. The highest BCUT2D eigenvalue weighted by Gasteiger charge is 2.19. The van der Waals surface area contributed by atoms with Crippen molar-refractivity contribution in [3.63, 3.8) is 0 Å². The maximum absolute atomic E-state index is 10.8. The molecule has 0 bridgehead atoms. The SMILES string of the molecule is CCC(=O)NC(CS(=O)O)S(=O)O. The minimum atomic E-state index is -2.33. The molecule has 0 fully saturated rings. The van der Waals surface area contributed by atoms with Gasteiger partial charge in [-0.2, -0.15) is 0 Å². The Kier molecular flexibility index (Phi) is 6.04. The Balaban J connectivity index is 4.18. The number of carbonyl (C=O) groups is 1. The Morgan fingerprint density at radius 1 is 1.46 bits per heavy atom. The summed E-state index contributed by atoms with van der Waals surface area (Å²) in [5.41, 5.74) is 0. The van der Waals surface area contributed by atoms with Gasteiger partial charge in [-0.05, 0) is 0 Å². The second-order valence-electron chi connectivity index (χ2n) is 2.17. The molecule has 3 atom stereocenters. The summed E-state index contributed by atoms with van der Waals surface area (Å²) in [6.45, 7) is 1.57. The lowest BCUT2D eigenvalue weighted by atomic mass is 10.4. The van der Waals surface area contributed by atoms with E-state index in [2.05, 4.69) is 5.32 Å². The molecule has 0 heterocycles. The van der Waals surface area contributed by atoms with Gasteiger partial charge in [0.1, 0.15) is 5.37 Å². The number of nitrogens with one attached hydrogen (secondary N) is 1. The maximum Gasteiger partial charge on any atom is 0.220 e. The molecule has 0 aromatic rings. The first kappa shape index (κ1) is 12.7. The first-order valence-corrected chi connectivity index (χ1v) is 5.88. The summed E-state index contributed by atoms with van der Waals surface area (Å²) in [7, 11) is 0. The third-order valence-corrected chi connectivity index (χ3v) is 2.78. The molecule has 3 unspecified atom stereocenters. The molecule has 0 radical (unpaired) electrons. The van der Waals surface area contributed by atoms with Gasteiger partial charge in [-0.3, -0.25) is 4.79 Å². The third kappa shape index (κ3) is 5.86. The van der Waals surface area contributed by atoms with Gasteiger partial charge in [-0.15, -0.1) is 0 Å². The molecule has 0 saturated carbocycles. The summed E-state index contributed by atoms with van der Waals surface area (Å²) in [6.07, 6.45) is 0.158. The molecule has 0 rings (SSSR count). The van der Waals surface area contributed by atoms with Crippen LogP contribution in [0.4, 0.5) is 0 Å². The quantitative estimate of drug-likeness (QED) is 0.540. The number of rotatable bonds is 5. The van der Waals surface area contributed by atoms with E-state index in [4.69, 9.17) is 9.11 Å². The highest BCUT2D eigenvalue weighted by Crippen LogP contribution is 1.93. The lowest BCUT2D eigenvalue weighted by Gasteiger charge is -2.11. The second-order valence-corrected chi connectivity index (χ2v) is 4.27. The van der Waals surface area contributed by atoms with Crippen LogP contribution >= 0.6 is 0 Å². The highest BCUT2D eigenvalue weighted by atomic mass is 32.2. The number of amides is 1. The van der Waals surface area contributed by atoms with Gasteiger partial charge in [-0.1, -0.05) is 6.92 Å². The normalized spacial score (nSPS) is 17.5. The van der Waals surface area contributed by atoms with Crippen molar-refractivity contribution >= 4 is 28.1 Å². The average Bonchev–Trinajstić information content (AvgIpc) is 2.02. The van der Waals surface area contributed by atoms with E-state index < -0.39 is 39.2 Å². The van der Waals surface area contributed by atoms with E-state index in [1.807, 2.05) is 0 Å². The van der Waals surface area contributed by atoms with Crippen LogP contribution in [-0.2, 0) is 27.0 Å². The lowest BCUT2D eigenvalue weighted by molar-refractivity contribution is -0.120. The smallest absolute Gasteiger partial charge is 0.220 e. The molecular weight excluding hydrogens is 218 g/mol. The lowest BCUT2D eigenvalue weighted by Crippen LogP contribution is -2.41. The fourth-order valence-corrected chi connectivity index (χ4v) is 1.95. The first-order chi connectivity index (χ1) is 5.97. The van der Waals surface area contributed by atoms with Crippen LogP contribution in [-0.4, -0.2) is 34.6 Å². The molecule has 0 aromatic heterocycles. The molecule has 0 aliphatic rings. The average molecular weight is 229 g/mol. The second kappa shape index (κ2) is 6.19. The fourth-order valence-electron chi connectivity index (χ4n) is 0.561. The largest absolute Gasteiger partial charge is 0.339 e. The van der Waals surface area contributed by atoms with E-state index in [0.717, 1.165) is 0 Å². The van der Waals surface area contributed by atoms with Gasteiger partial charge >= 0.3 is 0 Å². The Hall–Kier alpha value is -0.310. The van der Waals surface area contributed by atoms with Crippen LogP contribution in [0.25, 0.3) is 0 Å². The van der Waals surface area contributed by atoms with Gasteiger partial charge < -0.3 is 14.4 Å². The molecule has 0 aliphatic carbocycles. The van der Waals surface area contributed by atoms with E-state index in [-0.39, 0.29) is 6.42 Å². The van der Waals surface area contributed by atoms with Crippen molar-refractivity contribution < 1.29 is 22.3 Å². The van der Waals surface area contributed by atoms with E-state index in [0.29, 0.717) is 0 Å². The molecular formula is C5H11NO5S2. The summed E-state index contributed by atoms with van der Waals surface area (Å²) in [5.74, 6) is -0.882. The molecule has 3 N–H and O–H groups in total. The molecule has 6 nitrogen and oxygen atoms in total. The van der Waals surface area contributed by atoms with Crippen LogP contribution in [0.2, 0.25) is 0 Å². The minimum absolute atomic E-state index is 0.158. The molecule has 0 aliphatic heterocycles. The summed E-state index contributed by atoms with van der Waals surface area (Å²) < 4.78 is 37.9. The van der Waals surface area contributed by atoms with Crippen LogP contribution in [0.3, 0.4) is 0 Å². The Morgan fingerprint density at radius 3 is 2.31 bits per heavy atom. The van der Waals surface area contributed by atoms with E-state index in [1.54, 1.807) is 6.92 Å². The minimum Gasteiger partial charge on any atom is -0.339 e. The zero-order valence-electron chi connectivity index (χ0n) is 6.93. The standard InChI is InChI=1S/C5H11NO5S2/c1-2-4(7)6-5(13(10)11)3-12(8)9/h5H,2-3H2,1H3,(H,6,7)(H,8,9)(H,10,11). The topological polar surface area (TPSA) is 104 Å². The van der Waals surface area contributed by atoms with Crippen LogP contribution in [0.5, 0.6) is 0 Å². The van der Waals surface area contributed by atoms with Gasteiger partial charge in [0, 0.05) is 6.42 Å². The van der Waals surface area contributed by atoms with Gasteiger partial charge in [0.05, 0.1) is 5.75 Å². The summed E-state index contributed by atoms with van der Waals surface area (Å²) in [5, 5.41) is 0.973. The monoisotopic (exact) mass is 229 g/mol. The van der Waals surface area contributed by atoms with E-state index >= 15 is 0 Å². The van der Waals surface area contributed by atoms with E-state index in [9.17, 15) is 13.2 Å². The number of hydrogen-bond acceptors (Lipinski definition) is 3. The number of carbonyl (C=O) groups excluding carboxylic acids is 1. The van der Waals surface area contributed by atoms with Crippen molar-refractivity contribution in [1.29, 1.82) is 0 Å². The van der Waals surface area contributed by atoms with Crippen LogP contribution in [0.15, 0.2) is 0 Å². The zero-order valence-corrected chi connectivity index (χ0v) is 8.56. The van der Waals surface area contributed by atoms with Crippen molar-refractivity contribution in [2.45, 2.75) is 18.7 Å². The molecule has 0 spiro atoms. The Labute approximate surface area is 80.7 Å². The highest BCUT2D eigenvalue weighted by molar-refractivity contribution is 7.83. The fraction of sp³-hybridized carbons (Fsp3) is 0.800. The summed E-state index contributed by atoms with van der Waals surface area (Å²) >= 11 is -4.53. The number of hydrogen-bond donors (Lipinski definition) is 3. The van der Waals surface area contributed by atoms with Gasteiger partial charge in [0.15, 0.2) is 22.2 Å². The van der Waals surface area contributed by atoms with Crippen molar-refractivity contribution in [3.05, 3.63) is 0 Å². The first-order valence-electron chi connectivity index (χ1n) is 3.43. The van der Waals surface area contributed by atoms with Gasteiger partial charge in [0.2, 0.25) is 5.91 Å². The van der Waals surface area contributed by atoms with Crippen molar-refractivity contribution in [3.8, 4) is 0 Å². The predicted octanol–water partition coefficient (Wildman–Crippen LogP) is -0.718. The Morgan fingerprint density at radius 2 is 2.00 bits per heavy atom. The van der Waals surface area contributed by atoms with Crippen LogP contribution < -0.4 is 5.32 Å².